The van der Waals surface area contributed by atoms with Crippen molar-refractivity contribution in [1.82, 2.24) is 9.97 Å². The van der Waals surface area contributed by atoms with E-state index in [9.17, 15) is 8.78 Å². The largest absolute Gasteiger partial charge is 0.378 e. The lowest BCUT2D eigenvalue weighted by atomic mass is 10.0. The second-order valence-electron chi connectivity index (χ2n) is 6.19. The van der Waals surface area contributed by atoms with Gasteiger partial charge in [0, 0.05) is 37.0 Å². The summed E-state index contributed by atoms with van der Waals surface area (Å²) in [4.78, 5) is 11.1. The summed E-state index contributed by atoms with van der Waals surface area (Å²) in [6, 6.07) is 5.80. The lowest BCUT2D eigenvalue weighted by molar-refractivity contribution is 0.122. The van der Waals surface area contributed by atoms with Crippen LogP contribution in [-0.4, -0.2) is 36.3 Å². The number of hydrogen-bond acceptors (Lipinski definition) is 4. The Bertz CT molecular complexity index is 973. The van der Waals surface area contributed by atoms with Crippen molar-refractivity contribution in [2.45, 2.75) is 6.92 Å². The van der Waals surface area contributed by atoms with Crippen LogP contribution < -0.4 is 4.90 Å². The molecule has 3 heterocycles. The van der Waals surface area contributed by atoms with E-state index in [1.165, 1.54) is 6.07 Å². The van der Waals surface area contributed by atoms with Crippen LogP contribution in [0.1, 0.15) is 5.56 Å². The molecule has 0 amide bonds. The summed E-state index contributed by atoms with van der Waals surface area (Å²) in [6.07, 6.45) is 1.71. The van der Waals surface area contributed by atoms with Crippen LogP contribution in [0.3, 0.4) is 0 Å². The van der Waals surface area contributed by atoms with Gasteiger partial charge in [0.15, 0.2) is 0 Å². The van der Waals surface area contributed by atoms with Gasteiger partial charge in [-0.25, -0.2) is 18.7 Å². The van der Waals surface area contributed by atoms with E-state index < -0.39 is 11.6 Å². The lowest BCUT2D eigenvalue weighted by Gasteiger charge is -2.27. The van der Waals surface area contributed by atoms with Crippen LogP contribution in [0.4, 0.5) is 14.6 Å². The highest BCUT2D eigenvalue weighted by molar-refractivity contribution is 6.36. The van der Waals surface area contributed by atoms with Crippen LogP contribution in [0.5, 0.6) is 0 Å². The first-order chi connectivity index (χ1) is 12.5. The zero-order chi connectivity index (χ0) is 18.3. The molecule has 4 nitrogen and oxygen atoms in total. The monoisotopic (exact) mass is 375 g/mol. The minimum atomic E-state index is -0.715. The highest BCUT2D eigenvalue weighted by Crippen LogP contribution is 2.34. The maximum Gasteiger partial charge on any atom is 0.137 e. The molecule has 1 fully saturated rings. The van der Waals surface area contributed by atoms with Crippen molar-refractivity contribution in [2.75, 3.05) is 31.2 Å². The van der Waals surface area contributed by atoms with Gasteiger partial charge in [-0.05, 0) is 24.6 Å². The molecule has 1 saturated heterocycles. The average molecular weight is 376 g/mol. The van der Waals surface area contributed by atoms with E-state index in [4.69, 9.17) is 16.3 Å². The van der Waals surface area contributed by atoms with Crippen molar-refractivity contribution in [1.29, 1.82) is 0 Å². The van der Waals surface area contributed by atoms with Crippen LogP contribution in [0.15, 0.2) is 30.5 Å². The van der Waals surface area contributed by atoms with Crippen LogP contribution in [0, 0.1) is 18.6 Å². The van der Waals surface area contributed by atoms with Crippen LogP contribution in [0.2, 0.25) is 5.02 Å². The number of aromatic nitrogens is 2. The Hall–Kier alpha value is -2.31. The number of pyridine rings is 2. The summed E-state index contributed by atoms with van der Waals surface area (Å²) < 4.78 is 33.0. The maximum absolute atomic E-state index is 14.1. The quantitative estimate of drug-likeness (QED) is 0.666. The average Bonchev–Trinajstić information content (AvgIpc) is 2.65. The van der Waals surface area contributed by atoms with E-state index in [-0.39, 0.29) is 15.9 Å². The van der Waals surface area contributed by atoms with E-state index in [2.05, 4.69) is 14.9 Å². The van der Waals surface area contributed by atoms with Gasteiger partial charge in [0.1, 0.15) is 17.5 Å². The first-order valence-electron chi connectivity index (χ1n) is 8.28. The summed E-state index contributed by atoms with van der Waals surface area (Å²) >= 11 is 6.35. The zero-order valence-corrected chi connectivity index (χ0v) is 14.9. The fraction of sp³-hybridized carbons (Fsp3) is 0.263. The van der Waals surface area contributed by atoms with Gasteiger partial charge in [0.25, 0.3) is 0 Å². The summed E-state index contributed by atoms with van der Waals surface area (Å²) in [5.41, 5.74) is 2.12. The van der Waals surface area contributed by atoms with Crippen molar-refractivity contribution < 1.29 is 13.5 Å². The number of ether oxygens (including phenoxy) is 1. The van der Waals surface area contributed by atoms with E-state index in [1.54, 1.807) is 13.1 Å². The summed E-state index contributed by atoms with van der Waals surface area (Å²) in [7, 11) is 0. The minimum Gasteiger partial charge on any atom is -0.378 e. The summed E-state index contributed by atoms with van der Waals surface area (Å²) in [5.74, 6) is -0.541. The van der Waals surface area contributed by atoms with Crippen LogP contribution in [0.25, 0.3) is 22.2 Å². The summed E-state index contributed by atoms with van der Waals surface area (Å²) in [6.45, 7) is 4.72. The number of fused-ring (bicyclic) bond motifs is 1. The van der Waals surface area contributed by atoms with Crippen LogP contribution >= 0.6 is 11.6 Å². The topological polar surface area (TPSA) is 38.2 Å². The number of hydrogen-bond donors (Lipinski definition) is 0. The van der Waals surface area contributed by atoms with Crippen molar-refractivity contribution in [3.63, 3.8) is 0 Å². The molecule has 0 atom stereocenters. The van der Waals surface area contributed by atoms with Crippen molar-refractivity contribution in [3.05, 3.63) is 52.7 Å². The number of halogens is 3. The second-order valence-corrected chi connectivity index (χ2v) is 6.56. The maximum atomic E-state index is 14.1. The molecule has 26 heavy (non-hydrogen) atoms. The molecule has 4 rings (SSSR count). The Balaban J connectivity index is 1.77. The fourth-order valence-electron chi connectivity index (χ4n) is 3.15. The van der Waals surface area contributed by atoms with Gasteiger partial charge in [-0.1, -0.05) is 11.6 Å². The molecule has 2 aromatic heterocycles. The van der Waals surface area contributed by atoms with Crippen LogP contribution in [-0.2, 0) is 4.74 Å². The van der Waals surface area contributed by atoms with E-state index in [0.717, 1.165) is 30.5 Å². The number of anilines is 1. The molecule has 134 valence electrons. The van der Waals surface area contributed by atoms with Gasteiger partial charge >= 0.3 is 0 Å². The van der Waals surface area contributed by atoms with Gasteiger partial charge in [0.05, 0.1) is 34.8 Å². The van der Waals surface area contributed by atoms with Gasteiger partial charge < -0.3 is 9.64 Å². The van der Waals surface area contributed by atoms with Gasteiger partial charge in [-0.15, -0.1) is 0 Å². The molecule has 1 aromatic carbocycles. The van der Waals surface area contributed by atoms with Crippen molar-refractivity contribution >= 4 is 28.3 Å². The molecule has 1 aliphatic heterocycles. The standard InChI is InChI=1S/C19H16ClF2N3O/c1-11-18(20)17-14(22)8-13(21)9-15(17)24-19(11)12-2-3-16(23-10-12)25-4-6-26-7-5-25/h2-3,8-10H,4-7H2,1H3. The second kappa shape index (κ2) is 6.78. The molecule has 0 bridgehead atoms. The molecule has 0 radical (unpaired) electrons. The molecular weight excluding hydrogens is 360 g/mol. The number of benzene rings is 1. The molecule has 0 saturated carbocycles. The molecular formula is C19H16ClF2N3O. The Kier molecular flexibility index (Phi) is 4.46. The third kappa shape index (κ3) is 2.99. The Morgan fingerprint density at radius 3 is 2.62 bits per heavy atom. The number of morpholine rings is 1. The number of rotatable bonds is 2. The highest BCUT2D eigenvalue weighted by atomic mass is 35.5. The zero-order valence-electron chi connectivity index (χ0n) is 14.1. The Morgan fingerprint density at radius 2 is 1.92 bits per heavy atom. The van der Waals surface area contributed by atoms with E-state index >= 15 is 0 Å². The van der Waals surface area contributed by atoms with Crippen molar-refractivity contribution in [3.8, 4) is 11.3 Å². The van der Waals surface area contributed by atoms with Gasteiger partial charge in [-0.2, -0.15) is 0 Å². The molecule has 3 aromatic rings. The Labute approximate surface area is 154 Å². The third-order valence-corrected chi connectivity index (χ3v) is 5.00. The Morgan fingerprint density at radius 1 is 1.15 bits per heavy atom. The van der Waals surface area contributed by atoms with Gasteiger partial charge in [-0.3, -0.25) is 0 Å². The molecule has 0 N–H and O–H groups in total. The van der Waals surface area contributed by atoms with E-state index in [1.807, 2.05) is 12.1 Å². The predicted octanol–water partition coefficient (Wildman–Crippen LogP) is 4.37. The highest BCUT2D eigenvalue weighted by Gasteiger charge is 2.17. The predicted molar refractivity (Wildman–Crippen MR) is 97.7 cm³/mol. The number of nitrogens with zero attached hydrogens (tertiary/aromatic N) is 3. The first kappa shape index (κ1) is 17.1. The molecule has 7 heteroatoms. The molecule has 0 spiro atoms. The van der Waals surface area contributed by atoms with E-state index in [0.29, 0.717) is 24.5 Å². The minimum absolute atomic E-state index is 0.132. The molecule has 0 unspecified atom stereocenters. The first-order valence-corrected chi connectivity index (χ1v) is 8.66. The SMILES string of the molecule is Cc1c(-c2ccc(N3CCOCC3)nc2)nc2cc(F)cc(F)c2c1Cl. The fourth-order valence-corrected chi connectivity index (χ4v) is 3.42. The third-order valence-electron chi connectivity index (χ3n) is 4.53. The van der Waals surface area contributed by atoms with Gasteiger partial charge in [0.2, 0.25) is 0 Å². The van der Waals surface area contributed by atoms with Crippen molar-refractivity contribution in [2.24, 2.45) is 0 Å². The lowest BCUT2D eigenvalue weighted by Crippen LogP contribution is -2.36. The summed E-state index contributed by atoms with van der Waals surface area (Å²) in [5, 5.41) is 0.368. The molecule has 1 aliphatic rings. The normalized spacial score (nSPS) is 14.8. The smallest absolute Gasteiger partial charge is 0.137 e. The molecule has 0 aliphatic carbocycles.